The van der Waals surface area contributed by atoms with Gasteiger partial charge in [-0.3, -0.25) is 9.59 Å². The Labute approximate surface area is 302 Å². The molecule has 2 N–H and O–H groups in total. The molecular weight excluding hydrogens is 620 g/mol. The molecule has 0 aliphatic carbocycles. The van der Waals surface area contributed by atoms with Gasteiger partial charge in [0.05, 0.1) is 5.69 Å². The number of aryl methyl sites for hydroxylation is 3. The quantitative estimate of drug-likeness (QED) is 0.159. The van der Waals surface area contributed by atoms with Crippen LogP contribution in [0.2, 0.25) is 0 Å². The largest absolute Gasteiger partial charge is 0.493 e. The lowest BCUT2D eigenvalue weighted by molar-refractivity contribution is -0.127. The van der Waals surface area contributed by atoms with Crippen LogP contribution in [-0.2, 0) is 4.79 Å². The topological polar surface area (TPSA) is 81.6 Å². The highest BCUT2D eigenvalue weighted by atomic mass is 16.3. The summed E-state index contributed by atoms with van der Waals surface area (Å²) in [5.41, 5.74) is 5.68. The number of rotatable bonds is 16. The molecule has 0 fully saturated rings. The lowest BCUT2D eigenvalue weighted by atomic mass is 9.95. The Balaban J connectivity index is 2.40. The average molecular weight is 687 g/mol. The zero-order valence-electron chi connectivity index (χ0n) is 33.3. The third-order valence-electron chi connectivity index (χ3n) is 10.4. The van der Waals surface area contributed by atoms with Crippen molar-refractivity contribution in [2.75, 3.05) is 30.0 Å². The Kier molecular flexibility index (Phi) is 14.2. The van der Waals surface area contributed by atoms with Gasteiger partial charge in [-0.1, -0.05) is 111 Å². The van der Waals surface area contributed by atoms with E-state index in [9.17, 15) is 14.7 Å². The van der Waals surface area contributed by atoms with Crippen LogP contribution in [-0.4, -0.2) is 40.8 Å². The Morgan fingerprint density at radius 1 is 0.940 bits per heavy atom. The zero-order valence-corrected chi connectivity index (χ0v) is 33.3. The van der Waals surface area contributed by atoms with Gasteiger partial charge in [-0.15, -0.1) is 0 Å². The Hall–Kier alpha value is -3.74. The highest BCUT2D eigenvalue weighted by molar-refractivity contribution is 5.90. The van der Waals surface area contributed by atoms with Crippen molar-refractivity contribution in [2.45, 2.75) is 128 Å². The van der Waals surface area contributed by atoms with Crippen LogP contribution < -0.4 is 25.9 Å². The number of benzene rings is 1. The summed E-state index contributed by atoms with van der Waals surface area (Å²) in [6.07, 6.45) is 11.4. The number of aromatic hydroxyl groups is 1. The molecular formula is C43H66N4O3. The number of hydrogen-bond donors (Lipinski definition) is 2. The van der Waals surface area contributed by atoms with Gasteiger partial charge in [-0.2, -0.15) is 4.68 Å². The molecule has 1 amide bonds. The van der Waals surface area contributed by atoms with Crippen LogP contribution in [0.25, 0.3) is 23.9 Å². The molecule has 2 atom stereocenters. The van der Waals surface area contributed by atoms with Crippen LogP contribution in [0.1, 0.15) is 128 Å². The molecule has 7 heteroatoms. The molecule has 0 radical (unpaired) electrons. The number of carbonyl (C=O) groups is 1. The van der Waals surface area contributed by atoms with E-state index in [1.165, 1.54) is 56.1 Å². The first-order valence-corrected chi connectivity index (χ1v) is 19.0. The molecule has 7 nitrogen and oxygen atoms in total. The maximum absolute atomic E-state index is 14.3. The normalized spacial score (nSPS) is 13.5. The van der Waals surface area contributed by atoms with Crippen LogP contribution in [0.5, 0.6) is 5.88 Å². The minimum Gasteiger partial charge on any atom is -0.493 e. The predicted octanol–water partition coefficient (Wildman–Crippen LogP) is 8.40. The fourth-order valence-electron chi connectivity index (χ4n) is 7.24. The molecule has 50 heavy (non-hydrogen) atoms. The molecule has 2 heterocycles. The average Bonchev–Trinajstić information content (AvgIpc) is 3.46. The maximum atomic E-state index is 14.3. The third-order valence-corrected chi connectivity index (χ3v) is 10.4. The molecule has 0 aliphatic rings. The number of unbranched alkanes of at least 4 members (excludes halogenated alkanes) is 2. The van der Waals surface area contributed by atoms with E-state index in [0.29, 0.717) is 27.8 Å². The number of anilines is 1. The minimum atomic E-state index is -0.755. The molecule has 0 spiro atoms. The summed E-state index contributed by atoms with van der Waals surface area (Å²) in [5.74, 6) is 1.64. The zero-order chi connectivity index (χ0) is 37.5. The second-order valence-electron chi connectivity index (χ2n) is 15.7. The van der Waals surface area contributed by atoms with E-state index in [1.54, 1.807) is 27.7 Å². The van der Waals surface area contributed by atoms with Crippen LogP contribution in [0.3, 0.4) is 0 Å². The predicted molar refractivity (Wildman–Crippen MR) is 213 cm³/mol. The fourth-order valence-corrected chi connectivity index (χ4v) is 7.24. The smallest absolute Gasteiger partial charge is 0.280 e. The van der Waals surface area contributed by atoms with Crippen LogP contribution in [0, 0.1) is 44.9 Å². The van der Waals surface area contributed by atoms with Crippen molar-refractivity contribution in [3.05, 3.63) is 66.8 Å². The van der Waals surface area contributed by atoms with Gasteiger partial charge in [-0.05, 0) is 80.9 Å². The standard InChI is InChI=1S/C43H66N4O3/c1-14-18-20-33(16-3)26-46(27-34(17-4)21-19-15-2)37-25-35(39(44-37)38-29(6)22-28(5)23-30(38)7)24-36-31(8)32(9)40(48)47(41(36)49)45(13)42(50)43(10,11)12/h22-25,33-34,44,48H,8,14-21,26-27H2,1-7,9-13H3/b36-24-. The molecule has 0 aliphatic heterocycles. The second-order valence-corrected chi connectivity index (χ2v) is 15.7. The van der Waals surface area contributed by atoms with E-state index < -0.39 is 11.0 Å². The minimum absolute atomic E-state index is 0.279. The van der Waals surface area contributed by atoms with Gasteiger partial charge in [0.15, 0.2) is 0 Å². The first-order valence-electron chi connectivity index (χ1n) is 19.0. The maximum Gasteiger partial charge on any atom is 0.280 e. The number of nitrogens with one attached hydrogen (secondary N) is 1. The van der Waals surface area contributed by atoms with Crippen molar-refractivity contribution in [3.63, 3.8) is 0 Å². The first-order chi connectivity index (χ1) is 23.5. The van der Waals surface area contributed by atoms with Crippen molar-refractivity contribution < 1.29 is 9.90 Å². The van der Waals surface area contributed by atoms with Crippen molar-refractivity contribution in [2.24, 2.45) is 17.3 Å². The summed E-state index contributed by atoms with van der Waals surface area (Å²) in [7, 11) is 1.53. The van der Waals surface area contributed by atoms with Crippen LogP contribution in [0.4, 0.5) is 5.82 Å². The SMILES string of the molecule is C=c1c(C)c(O)n(N(C)C(=O)C(C)(C)C)c(=O)/c1=C\c1cc(N(CC(CC)CCCC)CC(CC)CCCC)[nH]c1-c1c(C)cc(C)cc1C. The summed E-state index contributed by atoms with van der Waals surface area (Å²) in [4.78, 5) is 34.1. The van der Waals surface area contributed by atoms with Gasteiger partial charge in [-0.25, -0.2) is 5.01 Å². The summed E-state index contributed by atoms with van der Waals surface area (Å²) in [5, 5.41) is 13.2. The molecule has 2 unspecified atom stereocenters. The third kappa shape index (κ3) is 9.32. The monoisotopic (exact) mass is 687 g/mol. The van der Waals surface area contributed by atoms with E-state index in [4.69, 9.17) is 0 Å². The lowest BCUT2D eigenvalue weighted by Crippen LogP contribution is -2.55. The van der Waals surface area contributed by atoms with Gasteiger partial charge >= 0.3 is 0 Å². The summed E-state index contributed by atoms with van der Waals surface area (Å²) in [6, 6.07) is 6.61. The highest BCUT2D eigenvalue weighted by Crippen LogP contribution is 2.35. The second kappa shape index (κ2) is 17.5. The number of aromatic nitrogens is 2. The number of amides is 1. The number of H-pyrrole nitrogens is 1. The van der Waals surface area contributed by atoms with Gasteiger partial charge < -0.3 is 15.0 Å². The van der Waals surface area contributed by atoms with Gasteiger partial charge in [0.25, 0.3) is 5.56 Å². The molecule has 3 aromatic rings. The summed E-state index contributed by atoms with van der Waals surface area (Å²) < 4.78 is 1.09. The van der Waals surface area contributed by atoms with Gasteiger partial charge in [0.2, 0.25) is 11.8 Å². The number of pyridine rings is 1. The van der Waals surface area contributed by atoms with Crippen molar-refractivity contribution in [3.8, 4) is 17.1 Å². The number of carbonyl (C=O) groups excluding carboxylic acids is 1. The summed E-state index contributed by atoms with van der Waals surface area (Å²) in [6.45, 7) is 28.9. The molecule has 3 rings (SSSR count). The molecule has 0 bridgehead atoms. The fraction of sp³-hybridized carbons (Fsp3) is 0.581. The van der Waals surface area contributed by atoms with E-state index in [-0.39, 0.29) is 11.8 Å². The highest BCUT2D eigenvalue weighted by Gasteiger charge is 2.29. The molecule has 0 saturated carbocycles. The van der Waals surface area contributed by atoms with E-state index in [0.717, 1.165) is 64.4 Å². The molecule has 0 saturated heterocycles. The van der Waals surface area contributed by atoms with E-state index in [1.807, 2.05) is 6.08 Å². The molecule has 276 valence electrons. The Bertz CT molecular complexity index is 1750. The van der Waals surface area contributed by atoms with Crippen molar-refractivity contribution in [1.29, 1.82) is 0 Å². The van der Waals surface area contributed by atoms with Gasteiger partial charge in [0.1, 0.15) is 5.82 Å². The molecule has 1 aromatic carbocycles. The number of aromatic amines is 1. The molecule has 2 aromatic heterocycles. The first kappa shape index (κ1) is 40.7. The van der Waals surface area contributed by atoms with Gasteiger partial charge in [0, 0.05) is 47.5 Å². The Morgan fingerprint density at radius 2 is 1.46 bits per heavy atom. The number of hydrogen-bond acceptors (Lipinski definition) is 4. The van der Waals surface area contributed by atoms with Crippen molar-refractivity contribution in [1.82, 2.24) is 9.66 Å². The van der Waals surface area contributed by atoms with Crippen LogP contribution >= 0.6 is 0 Å². The van der Waals surface area contributed by atoms with E-state index >= 15 is 0 Å². The summed E-state index contributed by atoms with van der Waals surface area (Å²) >= 11 is 0. The van der Waals surface area contributed by atoms with Crippen molar-refractivity contribution >= 4 is 24.4 Å². The van der Waals surface area contributed by atoms with Crippen LogP contribution in [0.15, 0.2) is 23.0 Å². The van der Waals surface area contributed by atoms with E-state index in [2.05, 4.69) is 83.1 Å². The Morgan fingerprint density at radius 3 is 1.92 bits per heavy atom. The number of nitrogens with zero attached hydrogens (tertiary/aromatic N) is 3. The lowest BCUT2D eigenvalue weighted by Gasteiger charge is -2.31.